The number of para-hydroxylation sites is 1. The fourth-order valence-corrected chi connectivity index (χ4v) is 1.81. The van der Waals surface area contributed by atoms with Crippen LogP contribution in [-0.4, -0.2) is 12.6 Å². The lowest BCUT2D eigenvalue weighted by atomic mass is 10.1. The molecule has 2 aromatic carbocycles. The Morgan fingerprint density at radius 3 is 2.55 bits per heavy atom. The van der Waals surface area contributed by atoms with Gasteiger partial charge in [0.1, 0.15) is 23.1 Å². The third-order valence-electron chi connectivity index (χ3n) is 2.77. The Balaban J connectivity index is 2.18. The number of carbonyl (C=O) groups excluding carboxylic acids is 1. The lowest BCUT2D eigenvalue weighted by molar-refractivity contribution is -0.129. The van der Waals surface area contributed by atoms with Crippen molar-refractivity contribution in [2.45, 2.75) is 6.92 Å². The molecule has 0 unspecified atom stereocenters. The number of nitrogens with zero attached hydrogens (tertiary/aromatic N) is 1. The molecule has 0 atom stereocenters. The molecule has 0 saturated carbocycles. The van der Waals surface area contributed by atoms with E-state index in [0.29, 0.717) is 23.7 Å². The Hall–Kier alpha value is -3.06. The van der Waals surface area contributed by atoms with E-state index in [2.05, 4.69) is 0 Å². The molecular formula is C18H15NO3. The summed E-state index contributed by atoms with van der Waals surface area (Å²) in [4.78, 5) is 12.0. The van der Waals surface area contributed by atoms with Crippen LogP contribution in [0.5, 0.6) is 11.5 Å². The van der Waals surface area contributed by atoms with E-state index in [4.69, 9.17) is 14.7 Å². The first-order chi connectivity index (χ1) is 10.7. The smallest absolute Gasteiger partial charge is 0.354 e. The number of carbonyl (C=O) groups is 1. The second-order valence-electron chi connectivity index (χ2n) is 4.38. The minimum Gasteiger partial charge on any atom is -0.494 e. The number of benzene rings is 2. The van der Waals surface area contributed by atoms with E-state index in [-0.39, 0.29) is 5.57 Å². The first-order valence-electron chi connectivity index (χ1n) is 6.85. The van der Waals surface area contributed by atoms with Gasteiger partial charge in [-0.1, -0.05) is 30.3 Å². The van der Waals surface area contributed by atoms with Crippen molar-refractivity contribution >= 4 is 12.0 Å². The Bertz CT molecular complexity index is 715. The van der Waals surface area contributed by atoms with Crippen LogP contribution in [0.4, 0.5) is 0 Å². The van der Waals surface area contributed by atoms with Crippen molar-refractivity contribution in [3.63, 3.8) is 0 Å². The number of esters is 1. The quantitative estimate of drug-likeness (QED) is 0.366. The summed E-state index contributed by atoms with van der Waals surface area (Å²) < 4.78 is 10.5. The summed E-state index contributed by atoms with van der Waals surface area (Å²) in [5, 5.41) is 9.16. The van der Waals surface area contributed by atoms with E-state index >= 15 is 0 Å². The van der Waals surface area contributed by atoms with Crippen LogP contribution in [0.3, 0.4) is 0 Å². The summed E-state index contributed by atoms with van der Waals surface area (Å²) in [6.45, 7) is 2.44. The highest BCUT2D eigenvalue weighted by molar-refractivity contribution is 5.99. The van der Waals surface area contributed by atoms with E-state index in [1.807, 2.05) is 25.1 Å². The predicted octanol–water partition coefficient (Wildman–Crippen LogP) is 3.60. The molecule has 2 aromatic rings. The number of hydrogen-bond donors (Lipinski definition) is 0. The van der Waals surface area contributed by atoms with Gasteiger partial charge in [-0.3, -0.25) is 0 Å². The Kier molecular flexibility index (Phi) is 5.33. The van der Waals surface area contributed by atoms with Crippen LogP contribution in [-0.2, 0) is 4.79 Å². The van der Waals surface area contributed by atoms with Gasteiger partial charge in [0, 0.05) is 0 Å². The Labute approximate surface area is 129 Å². The maximum Gasteiger partial charge on any atom is 0.354 e. The third-order valence-corrected chi connectivity index (χ3v) is 2.77. The zero-order valence-corrected chi connectivity index (χ0v) is 12.2. The molecule has 0 bridgehead atoms. The summed E-state index contributed by atoms with van der Waals surface area (Å²) in [6, 6.07) is 17.7. The topological polar surface area (TPSA) is 59.3 Å². The van der Waals surface area contributed by atoms with Gasteiger partial charge in [-0.25, -0.2) is 4.79 Å². The summed E-state index contributed by atoms with van der Waals surface area (Å²) in [7, 11) is 0. The second kappa shape index (κ2) is 7.65. The Morgan fingerprint density at radius 2 is 1.86 bits per heavy atom. The van der Waals surface area contributed by atoms with Gasteiger partial charge in [-0.05, 0) is 42.8 Å². The normalized spacial score (nSPS) is 10.6. The standard InChI is InChI=1S/C18H15NO3/c1-2-21-17-10-6-7-14(12-17)11-15(13-19)18(20)22-16-8-4-3-5-9-16/h3-12H,2H2,1H3. The molecule has 0 aromatic heterocycles. The van der Waals surface area contributed by atoms with Crippen LogP contribution in [0.1, 0.15) is 12.5 Å². The molecule has 4 nitrogen and oxygen atoms in total. The van der Waals surface area contributed by atoms with Crippen molar-refractivity contribution < 1.29 is 14.3 Å². The van der Waals surface area contributed by atoms with Crippen molar-refractivity contribution in [2.75, 3.05) is 6.61 Å². The van der Waals surface area contributed by atoms with Gasteiger partial charge < -0.3 is 9.47 Å². The largest absolute Gasteiger partial charge is 0.494 e. The third kappa shape index (κ3) is 4.22. The monoisotopic (exact) mass is 293 g/mol. The number of rotatable bonds is 5. The lowest BCUT2D eigenvalue weighted by Gasteiger charge is -2.05. The van der Waals surface area contributed by atoms with E-state index in [1.54, 1.807) is 42.5 Å². The minimum atomic E-state index is -0.685. The Morgan fingerprint density at radius 1 is 1.14 bits per heavy atom. The van der Waals surface area contributed by atoms with Crippen LogP contribution >= 0.6 is 0 Å². The van der Waals surface area contributed by atoms with Crippen molar-refractivity contribution in [3.05, 3.63) is 65.7 Å². The number of nitriles is 1. The second-order valence-corrected chi connectivity index (χ2v) is 4.38. The van der Waals surface area contributed by atoms with E-state index in [9.17, 15) is 4.79 Å². The fraction of sp³-hybridized carbons (Fsp3) is 0.111. The van der Waals surface area contributed by atoms with Crippen LogP contribution < -0.4 is 9.47 Å². The molecular weight excluding hydrogens is 278 g/mol. The fourth-order valence-electron chi connectivity index (χ4n) is 1.81. The van der Waals surface area contributed by atoms with Crippen molar-refractivity contribution in [2.24, 2.45) is 0 Å². The van der Waals surface area contributed by atoms with Crippen molar-refractivity contribution in [3.8, 4) is 17.6 Å². The van der Waals surface area contributed by atoms with Gasteiger partial charge in [-0.15, -0.1) is 0 Å². The highest BCUT2D eigenvalue weighted by Crippen LogP contribution is 2.17. The zero-order chi connectivity index (χ0) is 15.8. The molecule has 0 aliphatic carbocycles. The van der Waals surface area contributed by atoms with Crippen LogP contribution in [0.2, 0.25) is 0 Å². The van der Waals surface area contributed by atoms with Gasteiger partial charge >= 0.3 is 5.97 Å². The SMILES string of the molecule is CCOc1cccc(C=C(C#N)C(=O)Oc2ccccc2)c1. The molecule has 0 heterocycles. The molecule has 0 saturated heterocycles. The minimum absolute atomic E-state index is 0.0718. The summed E-state index contributed by atoms with van der Waals surface area (Å²) >= 11 is 0. The highest BCUT2D eigenvalue weighted by Gasteiger charge is 2.12. The molecule has 0 radical (unpaired) electrons. The van der Waals surface area contributed by atoms with Crippen molar-refractivity contribution in [1.29, 1.82) is 5.26 Å². The van der Waals surface area contributed by atoms with E-state index in [0.717, 1.165) is 0 Å². The molecule has 110 valence electrons. The molecule has 0 fully saturated rings. The van der Waals surface area contributed by atoms with Crippen LogP contribution in [0.25, 0.3) is 6.08 Å². The number of ether oxygens (including phenoxy) is 2. The average molecular weight is 293 g/mol. The average Bonchev–Trinajstić information content (AvgIpc) is 2.54. The maximum atomic E-state index is 12.0. The highest BCUT2D eigenvalue weighted by atomic mass is 16.5. The molecule has 22 heavy (non-hydrogen) atoms. The lowest BCUT2D eigenvalue weighted by Crippen LogP contribution is -2.10. The van der Waals surface area contributed by atoms with Crippen LogP contribution in [0.15, 0.2) is 60.2 Å². The van der Waals surface area contributed by atoms with Crippen LogP contribution in [0, 0.1) is 11.3 Å². The van der Waals surface area contributed by atoms with E-state index in [1.165, 1.54) is 6.08 Å². The molecule has 0 spiro atoms. The summed E-state index contributed by atoms with van der Waals surface area (Å²) in [5.74, 6) is 0.400. The van der Waals surface area contributed by atoms with Gasteiger partial charge in [0.15, 0.2) is 0 Å². The summed E-state index contributed by atoms with van der Waals surface area (Å²) in [6.07, 6.45) is 1.48. The summed E-state index contributed by atoms with van der Waals surface area (Å²) in [5.41, 5.74) is 0.630. The predicted molar refractivity (Wildman–Crippen MR) is 83.3 cm³/mol. The van der Waals surface area contributed by atoms with Gasteiger partial charge in [-0.2, -0.15) is 5.26 Å². The zero-order valence-electron chi connectivity index (χ0n) is 12.2. The van der Waals surface area contributed by atoms with Gasteiger partial charge in [0.05, 0.1) is 6.61 Å². The molecule has 0 amide bonds. The maximum absolute atomic E-state index is 12.0. The molecule has 4 heteroatoms. The first-order valence-corrected chi connectivity index (χ1v) is 6.85. The van der Waals surface area contributed by atoms with Gasteiger partial charge in [0.25, 0.3) is 0 Å². The first kappa shape index (κ1) is 15.3. The molecule has 0 aliphatic heterocycles. The van der Waals surface area contributed by atoms with E-state index < -0.39 is 5.97 Å². The van der Waals surface area contributed by atoms with Gasteiger partial charge in [0.2, 0.25) is 0 Å². The number of hydrogen-bond acceptors (Lipinski definition) is 4. The van der Waals surface area contributed by atoms with Crippen molar-refractivity contribution in [1.82, 2.24) is 0 Å². The molecule has 2 rings (SSSR count). The molecule has 0 aliphatic rings. The molecule has 0 N–H and O–H groups in total.